The van der Waals surface area contributed by atoms with Crippen LogP contribution in [0.3, 0.4) is 0 Å². The molecule has 0 bridgehead atoms. The molecule has 7 heteroatoms. The van der Waals surface area contributed by atoms with Gasteiger partial charge >= 0.3 is 0 Å². The van der Waals surface area contributed by atoms with Gasteiger partial charge < -0.3 is 14.4 Å². The summed E-state index contributed by atoms with van der Waals surface area (Å²) in [5.74, 6) is 2.32. The van der Waals surface area contributed by atoms with Crippen LogP contribution < -0.4 is 9.47 Å². The van der Waals surface area contributed by atoms with E-state index in [4.69, 9.17) is 9.47 Å². The lowest BCUT2D eigenvalue weighted by Gasteiger charge is -2.18. The first kappa shape index (κ1) is 18.8. The molecule has 2 aromatic carbocycles. The lowest BCUT2D eigenvalue weighted by Crippen LogP contribution is -2.26. The Morgan fingerprint density at radius 2 is 1.89 bits per heavy atom. The molecule has 5 nitrogen and oxygen atoms in total. The van der Waals surface area contributed by atoms with E-state index in [0.29, 0.717) is 12.1 Å². The molecular formula is C21H20N2O3S2. The fourth-order valence-electron chi connectivity index (χ4n) is 2.89. The number of aromatic nitrogens is 1. The zero-order valence-corrected chi connectivity index (χ0v) is 17.3. The van der Waals surface area contributed by atoms with Gasteiger partial charge in [-0.15, -0.1) is 11.3 Å². The van der Waals surface area contributed by atoms with E-state index in [1.54, 1.807) is 28.0 Å². The highest BCUT2D eigenvalue weighted by atomic mass is 32.2. The monoisotopic (exact) mass is 412 g/mol. The Labute approximate surface area is 172 Å². The van der Waals surface area contributed by atoms with Crippen molar-refractivity contribution in [1.82, 2.24) is 9.88 Å². The lowest BCUT2D eigenvalue weighted by atomic mass is 10.1. The molecule has 1 amide bonds. The van der Waals surface area contributed by atoms with Crippen molar-refractivity contribution in [2.24, 2.45) is 0 Å². The number of carbonyl (C=O) groups excluding carboxylic acids is 1. The quantitative estimate of drug-likeness (QED) is 0.547. The van der Waals surface area contributed by atoms with E-state index in [0.717, 1.165) is 32.8 Å². The number of thiazole rings is 1. The van der Waals surface area contributed by atoms with Gasteiger partial charge in [0.05, 0.1) is 0 Å². The van der Waals surface area contributed by atoms with Crippen molar-refractivity contribution < 1.29 is 14.3 Å². The summed E-state index contributed by atoms with van der Waals surface area (Å²) in [5.41, 5.74) is 3.92. The molecule has 0 fully saturated rings. The van der Waals surface area contributed by atoms with Crippen molar-refractivity contribution >= 4 is 29.0 Å². The summed E-state index contributed by atoms with van der Waals surface area (Å²) in [6, 6.07) is 13.6. The van der Waals surface area contributed by atoms with Gasteiger partial charge in [-0.25, -0.2) is 4.98 Å². The highest BCUT2D eigenvalue weighted by Crippen LogP contribution is 2.33. The highest BCUT2D eigenvalue weighted by molar-refractivity contribution is 8.00. The molecule has 0 radical (unpaired) electrons. The van der Waals surface area contributed by atoms with Crippen LogP contribution in [0, 0.1) is 6.92 Å². The van der Waals surface area contributed by atoms with Crippen LogP contribution in [0.4, 0.5) is 0 Å². The van der Waals surface area contributed by atoms with Crippen LogP contribution >= 0.6 is 23.1 Å². The first-order valence-corrected chi connectivity index (χ1v) is 10.7. The maximum absolute atomic E-state index is 12.7. The summed E-state index contributed by atoms with van der Waals surface area (Å²) in [4.78, 5) is 18.9. The summed E-state index contributed by atoms with van der Waals surface area (Å²) in [7, 11) is 1.81. The van der Waals surface area contributed by atoms with Gasteiger partial charge in [-0.2, -0.15) is 0 Å². The third-order valence-electron chi connectivity index (χ3n) is 4.36. The Morgan fingerprint density at radius 1 is 1.14 bits per heavy atom. The first-order valence-electron chi connectivity index (χ1n) is 8.86. The third kappa shape index (κ3) is 4.31. The van der Waals surface area contributed by atoms with E-state index in [9.17, 15) is 4.79 Å². The van der Waals surface area contributed by atoms with Gasteiger partial charge in [-0.05, 0) is 42.3 Å². The van der Waals surface area contributed by atoms with Crippen LogP contribution in [-0.2, 0) is 12.3 Å². The fraction of sp³-hybridized carbons (Fsp3) is 0.238. The number of hydrogen-bond donors (Lipinski definition) is 0. The number of benzene rings is 2. The summed E-state index contributed by atoms with van der Waals surface area (Å²) >= 11 is 3.38. The van der Waals surface area contributed by atoms with Crippen molar-refractivity contribution in [1.29, 1.82) is 0 Å². The number of hydrogen-bond acceptors (Lipinski definition) is 6. The number of carbonyl (C=O) groups is 1. The van der Waals surface area contributed by atoms with Gasteiger partial charge in [-0.1, -0.05) is 30.0 Å². The van der Waals surface area contributed by atoms with Crippen molar-refractivity contribution in [3.8, 4) is 11.5 Å². The predicted octanol–water partition coefficient (Wildman–Crippen LogP) is 4.74. The molecule has 0 N–H and O–H groups in total. The van der Waals surface area contributed by atoms with E-state index >= 15 is 0 Å². The number of fused-ring (bicyclic) bond motifs is 1. The molecule has 3 aromatic rings. The van der Waals surface area contributed by atoms with E-state index in [-0.39, 0.29) is 12.7 Å². The highest BCUT2D eigenvalue weighted by Gasteiger charge is 2.16. The molecule has 0 atom stereocenters. The average Bonchev–Trinajstić information content (AvgIpc) is 3.34. The van der Waals surface area contributed by atoms with E-state index in [1.165, 1.54) is 5.56 Å². The molecule has 0 aliphatic carbocycles. The zero-order valence-electron chi connectivity index (χ0n) is 15.7. The number of ether oxygens (including phenoxy) is 2. The van der Waals surface area contributed by atoms with Crippen LogP contribution in [0.2, 0.25) is 0 Å². The maximum Gasteiger partial charge on any atom is 0.253 e. The summed E-state index contributed by atoms with van der Waals surface area (Å²) < 4.78 is 11.8. The molecule has 4 rings (SSSR count). The first-order chi connectivity index (χ1) is 13.6. The number of aryl methyl sites for hydroxylation is 1. The van der Waals surface area contributed by atoms with Crippen molar-refractivity contribution in [3.63, 3.8) is 0 Å². The molecule has 0 saturated carbocycles. The Balaban J connectivity index is 1.35. The van der Waals surface area contributed by atoms with Crippen molar-refractivity contribution in [2.45, 2.75) is 23.6 Å². The number of nitrogens with zero attached hydrogens (tertiary/aromatic N) is 2. The number of rotatable bonds is 6. The van der Waals surface area contributed by atoms with Gasteiger partial charge in [0.15, 0.2) is 11.5 Å². The van der Waals surface area contributed by atoms with Gasteiger partial charge in [0.1, 0.15) is 4.34 Å². The molecule has 1 aliphatic rings. The Kier molecular flexibility index (Phi) is 5.54. The normalized spacial score (nSPS) is 12.2. The van der Waals surface area contributed by atoms with Crippen LogP contribution in [0.25, 0.3) is 0 Å². The number of amides is 1. The Morgan fingerprint density at radius 3 is 2.64 bits per heavy atom. The van der Waals surface area contributed by atoms with E-state index in [2.05, 4.69) is 10.4 Å². The second-order valence-corrected chi connectivity index (χ2v) is 8.67. The van der Waals surface area contributed by atoms with Crippen molar-refractivity contribution in [2.75, 3.05) is 13.8 Å². The number of thioether (sulfide) groups is 1. The predicted molar refractivity (Wildman–Crippen MR) is 111 cm³/mol. The topological polar surface area (TPSA) is 51.7 Å². The van der Waals surface area contributed by atoms with Gasteiger partial charge in [-0.3, -0.25) is 4.79 Å². The summed E-state index contributed by atoms with van der Waals surface area (Å²) in [6.07, 6.45) is 0. The lowest BCUT2D eigenvalue weighted by molar-refractivity contribution is 0.0785. The van der Waals surface area contributed by atoms with Crippen molar-refractivity contribution in [3.05, 3.63) is 70.2 Å². The Bertz CT molecular complexity index is 986. The fourth-order valence-corrected chi connectivity index (χ4v) is 4.70. The minimum absolute atomic E-state index is 0.00702. The standard InChI is InChI=1S/C21H20N2O3S2/c1-14-11-27-21(22-14)28-12-15-3-6-17(7-4-15)20(24)23(2)10-16-5-8-18-19(9-16)26-13-25-18/h3-9,11H,10,12-13H2,1-2H3. The minimum atomic E-state index is -0.00702. The third-order valence-corrected chi connectivity index (χ3v) is 6.57. The summed E-state index contributed by atoms with van der Waals surface area (Å²) in [6.45, 7) is 2.76. The zero-order chi connectivity index (χ0) is 19.5. The Hall–Kier alpha value is -2.51. The molecule has 28 heavy (non-hydrogen) atoms. The molecule has 1 aromatic heterocycles. The van der Waals surface area contributed by atoms with Crippen LogP contribution in [0.1, 0.15) is 27.2 Å². The molecule has 144 valence electrons. The average molecular weight is 413 g/mol. The van der Waals surface area contributed by atoms with Gasteiger partial charge in [0.2, 0.25) is 6.79 Å². The molecule has 2 heterocycles. The SMILES string of the molecule is Cc1csc(SCc2ccc(C(=O)N(C)Cc3ccc4c(c3)OCO4)cc2)n1. The molecular weight excluding hydrogens is 392 g/mol. The molecule has 0 saturated heterocycles. The van der Waals surface area contributed by atoms with Crippen LogP contribution in [0.15, 0.2) is 52.2 Å². The van der Waals surface area contributed by atoms with Crippen LogP contribution in [-0.4, -0.2) is 29.6 Å². The smallest absolute Gasteiger partial charge is 0.253 e. The molecule has 0 unspecified atom stereocenters. The second-order valence-electron chi connectivity index (χ2n) is 6.59. The van der Waals surface area contributed by atoms with E-state index in [1.807, 2.05) is 56.4 Å². The molecule has 1 aliphatic heterocycles. The minimum Gasteiger partial charge on any atom is -0.454 e. The largest absolute Gasteiger partial charge is 0.454 e. The van der Waals surface area contributed by atoms with E-state index < -0.39 is 0 Å². The van der Waals surface area contributed by atoms with Gasteiger partial charge in [0, 0.05) is 36.0 Å². The van der Waals surface area contributed by atoms with Crippen LogP contribution in [0.5, 0.6) is 11.5 Å². The second kappa shape index (κ2) is 8.24. The molecule has 0 spiro atoms. The summed E-state index contributed by atoms with van der Waals surface area (Å²) in [5, 5.41) is 2.06. The van der Waals surface area contributed by atoms with Gasteiger partial charge in [0.25, 0.3) is 5.91 Å². The maximum atomic E-state index is 12.7.